The van der Waals surface area contributed by atoms with Gasteiger partial charge in [0.2, 0.25) is 0 Å². The highest BCUT2D eigenvalue weighted by atomic mass is 32.2. The molecular weight excluding hydrogens is 388 g/mol. The van der Waals surface area contributed by atoms with E-state index in [-0.39, 0.29) is 16.3 Å². The third-order valence-corrected chi connectivity index (χ3v) is 5.91. The van der Waals surface area contributed by atoms with E-state index in [1.54, 1.807) is 25.1 Å². The first-order chi connectivity index (χ1) is 13.3. The lowest BCUT2D eigenvalue weighted by Crippen LogP contribution is -2.43. The molecule has 1 saturated heterocycles. The second-order valence-corrected chi connectivity index (χ2v) is 8.35. The van der Waals surface area contributed by atoms with E-state index < -0.39 is 16.6 Å². The molecule has 0 aliphatic carbocycles. The Kier molecular flexibility index (Phi) is 6.04. The van der Waals surface area contributed by atoms with E-state index >= 15 is 0 Å². The van der Waals surface area contributed by atoms with Crippen molar-refractivity contribution in [2.45, 2.75) is 25.4 Å². The Morgan fingerprint density at radius 1 is 1.11 bits per heavy atom. The molecule has 1 fully saturated rings. The second-order valence-electron chi connectivity index (χ2n) is 6.67. The number of nitrogens with one attached hydrogen (secondary N) is 2. The van der Waals surface area contributed by atoms with E-state index in [1.165, 1.54) is 18.2 Å². The molecule has 0 spiro atoms. The SMILES string of the molecule is Cc1ccc(OC(F)F)c(NS(=O)(=O)c2ccc(C)c(N3CCNCC3)c2)c1. The first-order valence-electron chi connectivity index (χ1n) is 8.91. The van der Waals surface area contributed by atoms with Crippen LogP contribution < -0.4 is 19.7 Å². The zero-order valence-corrected chi connectivity index (χ0v) is 16.5. The molecule has 0 unspecified atom stereocenters. The minimum absolute atomic E-state index is 0.0235. The number of benzene rings is 2. The van der Waals surface area contributed by atoms with Crippen molar-refractivity contribution < 1.29 is 21.9 Å². The summed E-state index contributed by atoms with van der Waals surface area (Å²) in [6, 6.07) is 9.23. The molecule has 9 heteroatoms. The van der Waals surface area contributed by atoms with Crippen LogP contribution in [0.3, 0.4) is 0 Å². The van der Waals surface area contributed by atoms with E-state index in [4.69, 9.17) is 0 Å². The lowest BCUT2D eigenvalue weighted by molar-refractivity contribution is -0.0493. The molecule has 6 nitrogen and oxygen atoms in total. The predicted octanol–water partition coefficient (Wildman–Crippen LogP) is 3.12. The van der Waals surface area contributed by atoms with E-state index in [0.717, 1.165) is 37.4 Å². The van der Waals surface area contributed by atoms with Crippen molar-refractivity contribution >= 4 is 21.4 Å². The van der Waals surface area contributed by atoms with Crippen LogP contribution in [0.25, 0.3) is 0 Å². The summed E-state index contributed by atoms with van der Waals surface area (Å²) >= 11 is 0. The lowest BCUT2D eigenvalue weighted by atomic mass is 10.1. The van der Waals surface area contributed by atoms with Gasteiger partial charge in [-0.3, -0.25) is 4.72 Å². The number of hydrogen-bond acceptors (Lipinski definition) is 5. The monoisotopic (exact) mass is 411 g/mol. The summed E-state index contributed by atoms with van der Waals surface area (Å²) < 4.78 is 58.0. The Labute approximate surface area is 163 Å². The lowest BCUT2D eigenvalue weighted by Gasteiger charge is -2.31. The molecule has 0 amide bonds. The summed E-state index contributed by atoms with van der Waals surface area (Å²) in [4.78, 5) is 2.19. The molecule has 152 valence electrons. The summed E-state index contributed by atoms with van der Waals surface area (Å²) in [5, 5.41) is 3.26. The molecule has 0 radical (unpaired) electrons. The van der Waals surface area contributed by atoms with E-state index in [0.29, 0.717) is 5.56 Å². The van der Waals surface area contributed by atoms with Gasteiger partial charge in [-0.2, -0.15) is 8.78 Å². The van der Waals surface area contributed by atoms with Gasteiger partial charge in [-0.05, 0) is 49.2 Å². The molecule has 2 aromatic rings. The third-order valence-electron chi connectivity index (χ3n) is 4.54. The summed E-state index contributed by atoms with van der Waals surface area (Å²) in [7, 11) is -3.98. The van der Waals surface area contributed by atoms with Gasteiger partial charge in [0.1, 0.15) is 5.75 Å². The zero-order valence-electron chi connectivity index (χ0n) is 15.7. The highest BCUT2D eigenvalue weighted by Gasteiger charge is 2.21. The first-order valence-corrected chi connectivity index (χ1v) is 10.4. The maximum Gasteiger partial charge on any atom is 0.387 e. The Hall–Kier alpha value is -2.39. The number of nitrogens with zero attached hydrogens (tertiary/aromatic N) is 1. The maximum atomic E-state index is 12.9. The van der Waals surface area contributed by atoms with Crippen LogP contribution in [0.15, 0.2) is 41.3 Å². The van der Waals surface area contributed by atoms with Gasteiger partial charge in [-0.25, -0.2) is 8.42 Å². The number of rotatable bonds is 6. The molecule has 1 heterocycles. The molecule has 0 aromatic heterocycles. The Morgan fingerprint density at radius 2 is 1.82 bits per heavy atom. The van der Waals surface area contributed by atoms with Gasteiger partial charge in [0.05, 0.1) is 10.6 Å². The van der Waals surface area contributed by atoms with Gasteiger partial charge in [0.15, 0.2) is 0 Å². The number of sulfonamides is 1. The van der Waals surface area contributed by atoms with Crippen LogP contribution in [-0.2, 0) is 10.0 Å². The number of ether oxygens (including phenoxy) is 1. The van der Waals surface area contributed by atoms with Gasteiger partial charge in [-0.1, -0.05) is 12.1 Å². The fraction of sp³-hybridized carbons (Fsp3) is 0.368. The molecule has 3 rings (SSSR count). The van der Waals surface area contributed by atoms with Crippen molar-refractivity contribution in [2.24, 2.45) is 0 Å². The van der Waals surface area contributed by atoms with Crippen LogP contribution in [-0.4, -0.2) is 41.2 Å². The number of aryl methyl sites for hydroxylation is 2. The summed E-state index contributed by atoms with van der Waals surface area (Å²) in [6.45, 7) is 3.82. The van der Waals surface area contributed by atoms with Crippen LogP contribution in [0.5, 0.6) is 5.75 Å². The van der Waals surface area contributed by atoms with E-state index in [1.807, 2.05) is 6.92 Å². The molecule has 2 aromatic carbocycles. The minimum Gasteiger partial charge on any atom is -0.433 e. The van der Waals surface area contributed by atoms with Gasteiger partial charge < -0.3 is 15.0 Å². The standard InChI is InChI=1S/C19H23F2N3O3S/c1-13-3-6-18(27-19(20)21)16(11-13)23-28(25,26)15-5-4-14(2)17(12-15)24-9-7-22-8-10-24/h3-6,11-12,19,22-23H,7-10H2,1-2H3. The molecule has 2 N–H and O–H groups in total. The van der Waals surface area contributed by atoms with Crippen LogP contribution >= 0.6 is 0 Å². The summed E-state index contributed by atoms with van der Waals surface area (Å²) in [5.41, 5.74) is 2.50. The third kappa shape index (κ3) is 4.71. The van der Waals surface area contributed by atoms with Gasteiger partial charge in [0, 0.05) is 31.9 Å². The van der Waals surface area contributed by atoms with Crippen molar-refractivity contribution in [1.29, 1.82) is 0 Å². The molecule has 28 heavy (non-hydrogen) atoms. The fourth-order valence-electron chi connectivity index (χ4n) is 3.13. The molecule has 1 aliphatic heterocycles. The van der Waals surface area contributed by atoms with Crippen LogP contribution in [0, 0.1) is 13.8 Å². The highest BCUT2D eigenvalue weighted by Crippen LogP contribution is 2.31. The smallest absolute Gasteiger partial charge is 0.387 e. The summed E-state index contributed by atoms with van der Waals surface area (Å²) in [5.74, 6) is -0.224. The topological polar surface area (TPSA) is 70.7 Å². The van der Waals surface area contributed by atoms with E-state index in [2.05, 4.69) is 19.7 Å². The van der Waals surface area contributed by atoms with Crippen molar-refractivity contribution in [3.8, 4) is 5.75 Å². The molecule has 0 bridgehead atoms. The first kappa shape index (κ1) is 20.3. The number of halogens is 2. The van der Waals surface area contributed by atoms with Crippen molar-refractivity contribution in [3.05, 3.63) is 47.5 Å². The average molecular weight is 411 g/mol. The highest BCUT2D eigenvalue weighted by molar-refractivity contribution is 7.92. The molecular formula is C19H23F2N3O3S. The number of alkyl halides is 2. The second kappa shape index (κ2) is 8.32. The number of hydrogen-bond donors (Lipinski definition) is 2. The van der Waals surface area contributed by atoms with Gasteiger partial charge in [-0.15, -0.1) is 0 Å². The van der Waals surface area contributed by atoms with Crippen LogP contribution in [0.2, 0.25) is 0 Å². The Balaban J connectivity index is 1.92. The number of anilines is 2. The molecule has 0 saturated carbocycles. The maximum absolute atomic E-state index is 12.9. The molecule has 1 aliphatic rings. The van der Waals surface area contributed by atoms with Crippen LogP contribution in [0.4, 0.5) is 20.2 Å². The largest absolute Gasteiger partial charge is 0.433 e. The predicted molar refractivity (Wildman–Crippen MR) is 105 cm³/mol. The van der Waals surface area contributed by atoms with Crippen molar-refractivity contribution in [1.82, 2.24) is 5.32 Å². The van der Waals surface area contributed by atoms with E-state index in [9.17, 15) is 17.2 Å². The summed E-state index contributed by atoms with van der Waals surface area (Å²) in [6.07, 6.45) is 0. The average Bonchev–Trinajstić information content (AvgIpc) is 2.64. The van der Waals surface area contributed by atoms with Crippen molar-refractivity contribution in [2.75, 3.05) is 35.8 Å². The van der Waals surface area contributed by atoms with Gasteiger partial charge >= 0.3 is 6.61 Å². The Bertz CT molecular complexity index is 945. The number of piperazine rings is 1. The van der Waals surface area contributed by atoms with Crippen LogP contribution in [0.1, 0.15) is 11.1 Å². The normalized spacial score (nSPS) is 15.0. The quantitative estimate of drug-likeness (QED) is 0.764. The Morgan fingerprint density at radius 3 is 2.50 bits per heavy atom. The minimum atomic E-state index is -3.98. The van der Waals surface area contributed by atoms with Crippen molar-refractivity contribution in [3.63, 3.8) is 0 Å². The fourth-order valence-corrected chi connectivity index (χ4v) is 4.21. The van der Waals surface area contributed by atoms with Gasteiger partial charge in [0.25, 0.3) is 10.0 Å². The zero-order chi connectivity index (χ0) is 20.3. The molecule has 0 atom stereocenters.